The Hall–Kier alpha value is -4.19. The first-order valence-corrected chi connectivity index (χ1v) is 13.0. The zero-order valence-electron chi connectivity index (χ0n) is 21.5. The number of nitrogens with zero attached hydrogens (tertiary/aromatic N) is 5. The zero-order valence-corrected chi connectivity index (χ0v) is 22.3. The van der Waals surface area contributed by atoms with Gasteiger partial charge in [0.25, 0.3) is 5.91 Å². The van der Waals surface area contributed by atoms with Crippen LogP contribution < -0.4 is 19.7 Å². The van der Waals surface area contributed by atoms with Crippen molar-refractivity contribution in [1.82, 2.24) is 25.5 Å². The number of hydrogen-bond donors (Lipinski definition) is 1. The Morgan fingerprint density at radius 3 is 2.61 bits per heavy atom. The van der Waals surface area contributed by atoms with Gasteiger partial charge in [0.05, 0.1) is 0 Å². The van der Waals surface area contributed by atoms with Gasteiger partial charge in [0.15, 0.2) is 17.3 Å². The van der Waals surface area contributed by atoms with Crippen LogP contribution in [0.15, 0.2) is 52.3 Å². The van der Waals surface area contributed by atoms with Crippen LogP contribution in [0.3, 0.4) is 0 Å². The Labute approximate surface area is 223 Å². The van der Waals surface area contributed by atoms with Crippen molar-refractivity contribution in [3.8, 4) is 23.1 Å². The average Bonchev–Trinajstić information content (AvgIpc) is 3.63. The average molecular weight is 537 g/mol. The van der Waals surface area contributed by atoms with Gasteiger partial charge in [0.1, 0.15) is 31.6 Å². The van der Waals surface area contributed by atoms with Crippen molar-refractivity contribution in [2.45, 2.75) is 45.8 Å². The smallest absolute Gasteiger partial charge is 0.251 e. The summed E-state index contributed by atoms with van der Waals surface area (Å²) in [6.45, 7) is 8.07. The number of anilines is 1. The summed E-state index contributed by atoms with van der Waals surface area (Å²) in [5, 5.41) is 17.3. The van der Waals surface area contributed by atoms with E-state index in [1.54, 1.807) is 30.3 Å². The molecule has 11 nitrogen and oxygen atoms in total. The minimum atomic E-state index is -0.944. The van der Waals surface area contributed by atoms with Crippen LogP contribution in [0.4, 0.5) is 5.69 Å². The number of thiophene rings is 1. The quantitative estimate of drug-likeness (QED) is 0.379. The number of furan rings is 1. The van der Waals surface area contributed by atoms with Crippen molar-refractivity contribution in [2.24, 2.45) is 0 Å². The molecule has 1 aliphatic heterocycles. The van der Waals surface area contributed by atoms with Crippen molar-refractivity contribution in [3.63, 3.8) is 0 Å². The van der Waals surface area contributed by atoms with Gasteiger partial charge in [-0.05, 0) is 68.6 Å². The number of nitrogens with one attached hydrogen (secondary N) is 1. The molecular weight excluding hydrogens is 508 g/mol. The highest BCUT2D eigenvalue weighted by Gasteiger charge is 2.36. The maximum Gasteiger partial charge on any atom is 0.251 e. The zero-order chi connectivity index (χ0) is 26.9. The first-order chi connectivity index (χ1) is 18.2. The summed E-state index contributed by atoms with van der Waals surface area (Å²) in [5.41, 5.74) is -0.0406. The summed E-state index contributed by atoms with van der Waals surface area (Å²) < 4.78 is 17.0. The number of carbonyl (C=O) groups excluding carboxylic acids is 2. The third kappa shape index (κ3) is 5.54. The predicted molar refractivity (Wildman–Crippen MR) is 140 cm³/mol. The third-order valence-electron chi connectivity index (χ3n) is 5.58. The molecule has 0 aliphatic carbocycles. The second-order valence-electron chi connectivity index (χ2n) is 9.80. The lowest BCUT2D eigenvalue weighted by Crippen LogP contribution is -2.50. The maximum atomic E-state index is 14.0. The highest BCUT2D eigenvalue weighted by Crippen LogP contribution is 2.38. The van der Waals surface area contributed by atoms with Gasteiger partial charge in [0, 0.05) is 22.2 Å². The highest BCUT2D eigenvalue weighted by atomic mass is 32.1. The van der Waals surface area contributed by atoms with Gasteiger partial charge in [-0.3, -0.25) is 14.5 Å². The van der Waals surface area contributed by atoms with E-state index in [2.05, 4.69) is 20.7 Å². The normalized spacial score (nSPS) is 13.7. The van der Waals surface area contributed by atoms with Gasteiger partial charge in [0.2, 0.25) is 11.7 Å². The molecule has 0 radical (unpaired) electrons. The lowest BCUT2D eigenvalue weighted by molar-refractivity contribution is -0.128. The monoisotopic (exact) mass is 536 g/mol. The van der Waals surface area contributed by atoms with Crippen LogP contribution in [0, 0.1) is 6.92 Å². The summed E-state index contributed by atoms with van der Waals surface area (Å²) in [5.74, 6) is 1.77. The molecule has 4 aromatic rings. The summed E-state index contributed by atoms with van der Waals surface area (Å²) in [4.78, 5) is 31.0. The van der Waals surface area contributed by atoms with E-state index < -0.39 is 17.5 Å². The van der Waals surface area contributed by atoms with Gasteiger partial charge in [-0.25, -0.2) is 0 Å². The molecule has 1 N–H and O–H groups in total. The van der Waals surface area contributed by atoms with Crippen molar-refractivity contribution in [3.05, 3.63) is 58.5 Å². The second kappa shape index (κ2) is 10.3. The lowest BCUT2D eigenvalue weighted by atomic mass is 10.1. The minimum Gasteiger partial charge on any atom is -0.486 e. The number of amides is 2. The Bertz CT molecular complexity index is 1440. The van der Waals surface area contributed by atoms with E-state index in [-0.39, 0.29) is 18.3 Å². The van der Waals surface area contributed by atoms with Crippen LogP contribution in [0.25, 0.3) is 11.6 Å². The molecule has 5 rings (SSSR count). The molecule has 3 aromatic heterocycles. The highest BCUT2D eigenvalue weighted by molar-refractivity contribution is 7.10. The van der Waals surface area contributed by atoms with E-state index in [0.29, 0.717) is 46.8 Å². The van der Waals surface area contributed by atoms with E-state index in [4.69, 9.17) is 13.9 Å². The Kier molecular flexibility index (Phi) is 6.89. The molecule has 0 fully saturated rings. The molecule has 2 amide bonds. The molecule has 0 saturated carbocycles. The number of ether oxygens (including phenoxy) is 2. The Morgan fingerprint density at radius 2 is 1.92 bits per heavy atom. The molecule has 1 atom stereocenters. The molecule has 0 spiro atoms. The predicted octanol–water partition coefficient (Wildman–Crippen LogP) is 3.76. The fraction of sp³-hybridized carbons (Fsp3) is 0.346. The second-order valence-corrected chi connectivity index (χ2v) is 10.8. The fourth-order valence-electron chi connectivity index (χ4n) is 4.04. The van der Waals surface area contributed by atoms with Crippen molar-refractivity contribution < 1.29 is 23.5 Å². The molecule has 0 saturated heterocycles. The SMILES string of the molecule is Cc1ccc(-c2nnn(CC(=O)N(c3ccc4c(c3)OCCO4)[C@@H](C(=O)NC(C)(C)C)c3cccs3)n2)o1. The number of hydrogen-bond acceptors (Lipinski definition) is 9. The van der Waals surface area contributed by atoms with Crippen molar-refractivity contribution >= 4 is 28.8 Å². The molecule has 198 valence electrons. The summed E-state index contributed by atoms with van der Waals surface area (Å²) in [7, 11) is 0. The largest absolute Gasteiger partial charge is 0.486 e. The van der Waals surface area contributed by atoms with Gasteiger partial charge in [-0.2, -0.15) is 4.80 Å². The van der Waals surface area contributed by atoms with Crippen molar-refractivity contribution in [2.75, 3.05) is 18.1 Å². The Morgan fingerprint density at radius 1 is 1.13 bits per heavy atom. The standard InChI is InChI=1S/C26H28N6O5S/c1-16-7-9-19(37-16)24-28-30-31(29-24)15-22(33)32(17-8-10-18-20(14-17)36-12-11-35-18)23(21-6-5-13-38-21)25(34)27-26(2,3)4/h5-10,13-14,23H,11-12,15H2,1-4H3,(H,27,34)/t23-/m1/s1. The first kappa shape index (κ1) is 25.5. The summed E-state index contributed by atoms with van der Waals surface area (Å²) >= 11 is 1.39. The van der Waals surface area contributed by atoms with Crippen LogP contribution in [-0.2, 0) is 16.1 Å². The van der Waals surface area contributed by atoms with E-state index in [0.717, 1.165) is 0 Å². The van der Waals surface area contributed by atoms with E-state index in [1.807, 2.05) is 45.2 Å². The summed E-state index contributed by atoms with van der Waals surface area (Å²) in [6.07, 6.45) is 0. The third-order valence-corrected chi connectivity index (χ3v) is 6.51. The van der Waals surface area contributed by atoms with Gasteiger partial charge < -0.3 is 19.2 Å². The molecular formula is C26H28N6O5S. The fourth-order valence-corrected chi connectivity index (χ4v) is 4.85. The number of fused-ring (bicyclic) bond motifs is 1. The summed E-state index contributed by atoms with van der Waals surface area (Å²) in [6, 6.07) is 11.5. The Balaban J connectivity index is 1.53. The van der Waals surface area contributed by atoms with Gasteiger partial charge in [-0.15, -0.1) is 21.5 Å². The van der Waals surface area contributed by atoms with E-state index in [9.17, 15) is 9.59 Å². The number of aromatic nitrogens is 4. The van der Waals surface area contributed by atoms with Crippen LogP contribution in [0.5, 0.6) is 11.5 Å². The molecule has 1 aliphatic rings. The van der Waals surface area contributed by atoms with Gasteiger partial charge >= 0.3 is 0 Å². The molecule has 0 unspecified atom stereocenters. The lowest BCUT2D eigenvalue weighted by Gasteiger charge is -2.33. The molecule has 38 heavy (non-hydrogen) atoms. The number of benzene rings is 1. The first-order valence-electron chi connectivity index (χ1n) is 12.1. The topological polar surface area (TPSA) is 125 Å². The molecule has 12 heteroatoms. The van der Waals surface area contributed by atoms with Crippen molar-refractivity contribution in [1.29, 1.82) is 0 Å². The number of aryl methyl sites for hydroxylation is 1. The van der Waals surface area contributed by atoms with Crippen LogP contribution >= 0.6 is 11.3 Å². The number of carbonyl (C=O) groups is 2. The van der Waals surface area contributed by atoms with E-state index in [1.165, 1.54) is 21.0 Å². The van der Waals surface area contributed by atoms with Gasteiger partial charge in [-0.1, -0.05) is 6.07 Å². The number of tetrazole rings is 1. The molecule has 4 heterocycles. The van der Waals surface area contributed by atoms with Crippen LogP contribution in [0.1, 0.15) is 37.5 Å². The van der Waals surface area contributed by atoms with Crippen LogP contribution in [-0.4, -0.2) is 50.8 Å². The number of rotatable bonds is 7. The van der Waals surface area contributed by atoms with E-state index >= 15 is 0 Å². The van der Waals surface area contributed by atoms with Crippen LogP contribution in [0.2, 0.25) is 0 Å². The molecule has 0 bridgehead atoms. The molecule has 1 aromatic carbocycles. The minimum absolute atomic E-state index is 0.258. The maximum absolute atomic E-state index is 14.0.